The van der Waals surface area contributed by atoms with Gasteiger partial charge in [-0.05, 0) is 55.1 Å². The highest BCUT2D eigenvalue weighted by atomic mass is 31.1. The summed E-state index contributed by atoms with van der Waals surface area (Å²) >= 11 is 0. The molecule has 2 aromatic carbocycles. The van der Waals surface area contributed by atoms with E-state index in [1.165, 1.54) is 33.5 Å². The van der Waals surface area contributed by atoms with Crippen LogP contribution < -0.4 is 15.3 Å². The van der Waals surface area contributed by atoms with Gasteiger partial charge in [-0.3, -0.25) is 0 Å². The summed E-state index contributed by atoms with van der Waals surface area (Å²) in [5.74, 6) is 1.56. The maximum absolute atomic E-state index is 6.34. The minimum absolute atomic E-state index is 0.478. The minimum atomic E-state index is 0.478. The molecular formula is C23H28OP2. The second kappa shape index (κ2) is 9.50. The molecule has 0 N–H and O–H groups in total. The number of rotatable bonds is 7. The Bertz CT molecular complexity index is 808. The normalized spacial score (nSPS) is 17.0. The molecule has 3 unspecified atom stereocenters. The van der Waals surface area contributed by atoms with Gasteiger partial charge in [0.2, 0.25) is 0 Å². The minimum Gasteiger partial charge on any atom is -0.492 e. The third kappa shape index (κ3) is 4.85. The van der Waals surface area contributed by atoms with Crippen LogP contribution in [0.1, 0.15) is 23.1 Å². The number of benzene rings is 2. The van der Waals surface area contributed by atoms with Gasteiger partial charge in [0.15, 0.2) is 0 Å². The predicted molar refractivity (Wildman–Crippen MR) is 120 cm³/mol. The lowest BCUT2D eigenvalue weighted by atomic mass is 10.0. The summed E-state index contributed by atoms with van der Waals surface area (Å²) < 4.78 is 6.34. The second-order valence-electron chi connectivity index (χ2n) is 6.84. The fourth-order valence-corrected chi connectivity index (χ4v) is 5.56. The van der Waals surface area contributed by atoms with Crippen molar-refractivity contribution in [3.63, 3.8) is 0 Å². The van der Waals surface area contributed by atoms with E-state index in [9.17, 15) is 0 Å². The smallest absolute Gasteiger partial charge is 0.129 e. The van der Waals surface area contributed by atoms with E-state index in [1.807, 2.05) is 0 Å². The quantitative estimate of drug-likeness (QED) is 0.594. The summed E-state index contributed by atoms with van der Waals surface area (Å²) in [6, 6.07) is 13.3. The molecule has 0 fully saturated rings. The van der Waals surface area contributed by atoms with Crippen LogP contribution in [0.5, 0.6) is 5.75 Å². The van der Waals surface area contributed by atoms with Crippen LogP contribution in [0.25, 0.3) is 0 Å². The van der Waals surface area contributed by atoms with E-state index >= 15 is 0 Å². The molecular weight excluding hydrogens is 354 g/mol. The molecule has 0 radical (unpaired) electrons. The Labute approximate surface area is 161 Å². The lowest BCUT2D eigenvalue weighted by molar-refractivity contribution is 0.276. The third-order valence-electron chi connectivity index (χ3n) is 4.71. The van der Waals surface area contributed by atoms with Gasteiger partial charge in [0.1, 0.15) is 5.75 Å². The summed E-state index contributed by atoms with van der Waals surface area (Å²) in [5.41, 5.74) is 4.13. The van der Waals surface area contributed by atoms with Crippen molar-refractivity contribution in [2.75, 3.05) is 13.3 Å². The zero-order valence-electron chi connectivity index (χ0n) is 15.9. The summed E-state index contributed by atoms with van der Waals surface area (Å²) in [6.07, 6.45) is 11.0. The van der Waals surface area contributed by atoms with Crippen molar-refractivity contribution in [2.24, 2.45) is 5.92 Å². The van der Waals surface area contributed by atoms with Crippen LogP contribution in [0.3, 0.4) is 0 Å². The Hall–Kier alpha value is -1.42. The van der Waals surface area contributed by atoms with Crippen molar-refractivity contribution in [3.8, 4) is 5.75 Å². The monoisotopic (exact) mass is 382 g/mol. The lowest BCUT2D eigenvalue weighted by Crippen LogP contribution is -2.17. The van der Waals surface area contributed by atoms with Gasteiger partial charge >= 0.3 is 0 Å². The average Bonchev–Trinajstić information content (AvgIpc) is 2.65. The first-order chi connectivity index (χ1) is 12.7. The Morgan fingerprint density at radius 1 is 1.04 bits per heavy atom. The first-order valence-electron chi connectivity index (χ1n) is 9.25. The average molecular weight is 382 g/mol. The van der Waals surface area contributed by atoms with Crippen molar-refractivity contribution in [2.45, 2.75) is 26.4 Å². The van der Waals surface area contributed by atoms with Crippen molar-refractivity contribution < 1.29 is 4.74 Å². The fraction of sp³-hybridized carbons (Fsp3) is 0.304. The molecule has 3 atom stereocenters. The molecule has 0 spiro atoms. The molecule has 0 heterocycles. The molecule has 3 rings (SSSR count). The van der Waals surface area contributed by atoms with Gasteiger partial charge in [-0.25, -0.2) is 0 Å². The van der Waals surface area contributed by atoms with E-state index in [4.69, 9.17) is 4.74 Å². The Balaban J connectivity index is 1.83. The van der Waals surface area contributed by atoms with Crippen molar-refractivity contribution in [1.29, 1.82) is 0 Å². The highest BCUT2D eigenvalue weighted by Gasteiger charge is 2.14. The van der Waals surface area contributed by atoms with Crippen molar-refractivity contribution in [3.05, 3.63) is 77.4 Å². The van der Waals surface area contributed by atoms with Crippen LogP contribution >= 0.6 is 17.2 Å². The van der Waals surface area contributed by atoms with E-state index in [1.54, 1.807) is 0 Å². The Morgan fingerprint density at radius 2 is 1.85 bits per heavy atom. The van der Waals surface area contributed by atoms with Gasteiger partial charge in [0.25, 0.3) is 0 Å². The number of para-hydroxylation sites is 1. The Kier molecular flexibility index (Phi) is 7.07. The molecule has 136 valence electrons. The van der Waals surface area contributed by atoms with Crippen LogP contribution in [0, 0.1) is 19.8 Å². The van der Waals surface area contributed by atoms with Crippen molar-refractivity contribution in [1.82, 2.24) is 0 Å². The summed E-state index contributed by atoms with van der Waals surface area (Å²) in [7, 11) is 1.59. The van der Waals surface area contributed by atoms with Gasteiger partial charge in [0.05, 0.1) is 6.61 Å². The SMILES string of the molecule is CPCc1cccc(C)c1Pc1cccc(C)c1OCC1C=CC=CC1. The van der Waals surface area contributed by atoms with Gasteiger partial charge in [0, 0.05) is 11.2 Å². The van der Waals surface area contributed by atoms with E-state index in [0.29, 0.717) is 14.5 Å². The topological polar surface area (TPSA) is 9.23 Å². The molecule has 3 heteroatoms. The number of hydrogen-bond acceptors (Lipinski definition) is 1. The number of aryl methyl sites for hydroxylation is 2. The molecule has 2 aromatic rings. The maximum Gasteiger partial charge on any atom is 0.129 e. The number of allylic oxidation sites excluding steroid dienone is 3. The number of hydrogen-bond donors (Lipinski definition) is 0. The van der Waals surface area contributed by atoms with Crippen LogP contribution in [0.2, 0.25) is 0 Å². The van der Waals surface area contributed by atoms with Crippen LogP contribution in [-0.4, -0.2) is 13.3 Å². The maximum atomic E-state index is 6.34. The van der Waals surface area contributed by atoms with E-state index < -0.39 is 0 Å². The van der Waals surface area contributed by atoms with E-state index in [0.717, 1.165) is 27.4 Å². The van der Waals surface area contributed by atoms with Crippen LogP contribution in [0.15, 0.2) is 60.7 Å². The Morgan fingerprint density at radius 3 is 2.62 bits per heavy atom. The second-order valence-corrected chi connectivity index (χ2v) is 9.19. The summed E-state index contributed by atoms with van der Waals surface area (Å²) in [5, 5.41) is 2.83. The van der Waals surface area contributed by atoms with Gasteiger partial charge in [-0.15, -0.1) is 8.58 Å². The molecule has 1 aliphatic rings. The van der Waals surface area contributed by atoms with E-state index in [-0.39, 0.29) is 0 Å². The molecule has 1 aliphatic carbocycles. The molecule has 0 aliphatic heterocycles. The molecule has 0 saturated carbocycles. The molecule has 0 amide bonds. The highest BCUT2D eigenvalue weighted by Crippen LogP contribution is 2.28. The highest BCUT2D eigenvalue weighted by molar-refractivity contribution is 7.56. The summed E-state index contributed by atoms with van der Waals surface area (Å²) in [6.45, 7) is 7.43. The van der Waals surface area contributed by atoms with Crippen LogP contribution in [0.4, 0.5) is 0 Å². The first kappa shape index (κ1) is 19.3. The van der Waals surface area contributed by atoms with Crippen LogP contribution in [-0.2, 0) is 6.16 Å². The first-order valence-corrected chi connectivity index (χ1v) is 12.0. The van der Waals surface area contributed by atoms with Gasteiger partial charge in [-0.1, -0.05) is 69.3 Å². The summed E-state index contributed by atoms with van der Waals surface area (Å²) in [4.78, 5) is 0. The zero-order valence-corrected chi connectivity index (χ0v) is 17.9. The molecule has 1 nitrogen and oxygen atoms in total. The molecule has 0 saturated heterocycles. The molecule has 0 bridgehead atoms. The lowest BCUT2D eigenvalue weighted by Gasteiger charge is -2.19. The van der Waals surface area contributed by atoms with E-state index in [2.05, 4.69) is 81.2 Å². The molecule has 26 heavy (non-hydrogen) atoms. The third-order valence-corrected chi connectivity index (χ3v) is 7.07. The molecule has 0 aromatic heterocycles. The van der Waals surface area contributed by atoms with Crippen molar-refractivity contribution >= 4 is 27.8 Å². The zero-order chi connectivity index (χ0) is 18.4. The fourth-order valence-electron chi connectivity index (χ4n) is 3.27. The van der Waals surface area contributed by atoms with Gasteiger partial charge < -0.3 is 4.74 Å². The predicted octanol–water partition coefficient (Wildman–Crippen LogP) is 5.25. The number of ether oxygens (including phenoxy) is 1. The standard InChI is InChI=1S/C23H28OP2/c1-17-9-8-14-21(22(17)24-15-19-11-5-4-6-12-19)26-23-18(2)10-7-13-20(23)16-25-3/h4-11,13-14,19,25-26H,12,15-16H2,1-3H3. The van der Waals surface area contributed by atoms with Gasteiger partial charge in [-0.2, -0.15) is 0 Å². The largest absolute Gasteiger partial charge is 0.492 e.